The monoisotopic (exact) mass is 277 g/mol. The highest BCUT2D eigenvalue weighted by Crippen LogP contribution is 2.17. The molecule has 0 spiro atoms. The first-order chi connectivity index (χ1) is 8.51. The first kappa shape index (κ1) is 20.1. The largest absolute Gasteiger partial charge is 0.500 e. The molecule has 0 saturated heterocycles. The van der Waals surface area contributed by atoms with Gasteiger partial charge in [-0.25, -0.2) is 0 Å². The fourth-order valence-electron chi connectivity index (χ4n) is 1.31. The van der Waals surface area contributed by atoms with Crippen LogP contribution in [0, 0.1) is 11.3 Å². The molecule has 0 atom stereocenters. The molecule has 1 N–H and O–H groups in total. The Morgan fingerprint density at radius 1 is 0.944 bits per heavy atom. The lowest BCUT2D eigenvalue weighted by molar-refractivity contribution is 0.0712. The highest BCUT2D eigenvalue weighted by Gasteiger charge is 2.38. The van der Waals surface area contributed by atoms with Crippen LogP contribution in [-0.2, 0) is 13.3 Å². The first-order valence-corrected chi connectivity index (χ1v) is 8.87. The van der Waals surface area contributed by atoms with Crippen molar-refractivity contribution in [3.8, 4) is 0 Å². The number of rotatable bonds is 9. The third-order valence-corrected chi connectivity index (χ3v) is 5.28. The maximum atomic E-state index is 6.53. The van der Waals surface area contributed by atoms with Gasteiger partial charge in [0.2, 0.25) is 0 Å². The Labute approximate surface area is 114 Å². The van der Waals surface area contributed by atoms with Crippen LogP contribution in [0.3, 0.4) is 0 Å². The van der Waals surface area contributed by atoms with Gasteiger partial charge >= 0.3 is 8.80 Å². The van der Waals surface area contributed by atoms with Gasteiger partial charge in [0.05, 0.1) is 0 Å². The van der Waals surface area contributed by atoms with E-state index >= 15 is 0 Å². The van der Waals surface area contributed by atoms with Crippen LogP contribution in [0.4, 0.5) is 0 Å². The molecule has 0 rings (SSSR count). The summed E-state index contributed by atoms with van der Waals surface area (Å²) in [6.45, 7) is 14.0. The summed E-state index contributed by atoms with van der Waals surface area (Å²) < 4.78 is 16.9. The summed E-state index contributed by atoms with van der Waals surface area (Å²) >= 11 is 0. The van der Waals surface area contributed by atoms with Gasteiger partial charge in [0.1, 0.15) is 0 Å². The fourth-order valence-corrected chi connectivity index (χ4v) is 3.92. The molecule has 0 aliphatic heterocycles. The van der Waals surface area contributed by atoms with E-state index in [0.717, 1.165) is 12.5 Å². The second-order valence-corrected chi connectivity index (χ2v) is 6.87. The number of nitrogens with one attached hydrogen (secondary N) is 1. The van der Waals surface area contributed by atoms with Crippen molar-refractivity contribution in [3.05, 3.63) is 0 Å². The molecule has 0 aliphatic carbocycles. The lowest BCUT2D eigenvalue weighted by atomic mass is 10.3. The van der Waals surface area contributed by atoms with E-state index in [0.29, 0.717) is 25.7 Å². The zero-order valence-corrected chi connectivity index (χ0v) is 13.9. The Balaban J connectivity index is 0. The molecule has 110 valence electrons. The first-order valence-electron chi connectivity index (χ1n) is 6.94. The van der Waals surface area contributed by atoms with Gasteiger partial charge in [-0.3, -0.25) is 0 Å². The molecule has 18 heavy (non-hydrogen) atoms. The number of hydrogen-bond donors (Lipinski definition) is 1. The SMILES string of the molecule is CC(C)C=N.CCC[Si](OCC)(OCC)OCC. The van der Waals surface area contributed by atoms with Crippen molar-refractivity contribution in [1.82, 2.24) is 0 Å². The standard InChI is InChI=1S/C9H22O3Si.C4H9N/c1-5-9-13(10-6-2,11-7-3)12-8-4;1-4(2)3-5/h5-9H2,1-4H3;3-5H,1-2H3. The van der Waals surface area contributed by atoms with Gasteiger partial charge in [0.25, 0.3) is 0 Å². The van der Waals surface area contributed by atoms with E-state index in [9.17, 15) is 0 Å². The van der Waals surface area contributed by atoms with Crippen molar-refractivity contribution < 1.29 is 13.3 Å². The van der Waals surface area contributed by atoms with Crippen LogP contribution in [0.1, 0.15) is 48.0 Å². The molecule has 0 aromatic rings. The van der Waals surface area contributed by atoms with Gasteiger partial charge in [-0.05, 0) is 32.9 Å². The van der Waals surface area contributed by atoms with E-state index in [-0.39, 0.29) is 0 Å². The molecule has 0 aliphatic rings. The molecule has 0 amide bonds. The minimum absolute atomic E-state index is 0.426. The minimum atomic E-state index is -2.30. The summed E-state index contributed by atoms with van der Waals surface area (Å²) in [6, 6.07) is 0.919. The highest BCUT2D eigenvalue weighted by atomic mass is 28.4. The summed E-state index contributed by atoms with van der Waals surface area (Å²) in [5, 5.41) is 6.53. The molecule has 5 heteroatoms. The maximum Gasteiger partial charge on any atom is 0.500 e. The topological polar surface area (TPSA) is 51.5 Å². The molecule has 0 saturated carbocycles. The van der Waals surface area contributed by atoms with Crippen molar-refractivity contribution in [1.29, 1.82) is 5.41 Å². The Morgan fingerprint density at radius 3 is 1.44 bits per heavy atom. The molecular weight excluding hydrogens is 246 g/mol. The molecule has 0 fully saturated rings. The van der Waals surface area contributed by atoms with E-state index in [4.69, 9.17) is 18.7 Å². The highest BCUT2D eigenvalue weighted by molar-refractivity contribution is 6.60. The summed E-state index contributed by atoms with van der Waals surface area (Å²) in [4.78, 5) is 0. The van der Waals surface area contributed by atoms with Crippen LogP contribution in [0.15, 0.2) is 0 Å². The Hall–Kier alpha value is -0.233. The van der Waals surface area contributed by atoms with E-state index in [1.54, 1.807) is 0 Å². The van der Waals surface area contributed by atoms with Crippen LogP contribution in [0.2, 0.25) is 6.04 Å². The lowest BCUT2D eigenvalue weighted by Crippen LogP contribution is -2.45. The second kappa shape index (κ2) is 13.2. The second-order valence-electron chi connectivity index (χ2n) is 4.14. The van der Waals surface area contributed by atoms with E-state index in [2.05, 4.69) is 6.92 Å². The van der Waals surface area contributed by atoms with Gasteiger partial charge in [0, 0.05) is 25.9 Å². The van der Waals surface area contributed by atoms with E-state index in [1.807, 2.05) is 34.6 Å². The Bertz CT molecular complexity index is 160. The Morgan fingerprint density at radius 2 is 1.28 bits per heavy atom. The maximum absolute atomic E-state index is 6.53. The van der Waals surface area contributed by atoms with Crippen molar-refractivity contribution in [2.75, 3.05) is 19.8 Å². The predicted octanol–water partition coefficient (Wildman–Crippen LogP) is 3.74. The lowest BCUT2D eigenvalue weighted by Gasteiger charge is -2.27. The average Bonchev–Trinajstić information content (AvgIpc) is 2.31. The third kappa shape index (κ3) is 10.9. The van der Waals surface area contributed by atoms with Crippen LogP contribution in [-0.4, -0.2) is 34.8 Å². The molecule has 0 unspecified atom stereocenters. The summed E-state index contributed by atoms with van der Waals surface area (Å²) in [5.74, 6) is 0.426. The smallest absolute Gasteiger partial charge is 0.374 e. The third-order valence-electron chi connectivity index (χ3n) is 1.98. The predicted molar refractivity (Wildman–Crippen MR) is 79.4 cm³/mol. The van der Waals surface area contributed by atoms with Gasteiger partial charge in [-0.2, -0.15) is 0 Å². The average molecular weight is 277 g/mol. The molecule has 0 radical (unpaired) electrons. The Kier molecular flexibility index (Phi) is 14.7. The van der Waals surface area contributed by atoms with Gasteiger partial charge < -0.3 is 18.7 Å². The van der Waals surface area contributed by atoms with Crippen LogP contribution in [0.25, 0.3) is 0 Å². The molecular formula is C13H31NO3Si. The van der Waals surface area contributed by atoms with Crippen molar-refractivity contribution >= 4 is 15.0 Å². The van der Waals surface area contributed by atoms with Crippen molar-refractivity contribution in [2.45, 2.75) is 54.0 Å². The molecule has 4 nitrogen and oxygen atoms in total. The molecule has 0 aromatic heterocycles. The quantitative estimate of drug-likeness (QED) is 0.516. The van der Waals surface area contributed by atoms with Crippen LogP contribution < -0.4 is 0 Å². The van der Waals surface area contributed by atoms with Crippen molar-refractivity contribution in [3.63, 3.8) is 0 Å². The minimum Gasteiger partial charge on any atom is -0.374 e. The van der Waals surface area contributed by atoms with E-state index in [1.165, 1.54) is 6.21 Å². The zero-order chi connectivity index (χ0) is 14.4. The molecule has 0 bridgehead atoms. The van der Waals surface area contributed by atoms with Crippen molar-refractivity contribution in [2.24, 2.45) is 5.92 Å². The fraction of sp³-hybridized carbons (Fsp3) is 0.923. The zero-order valence-electron chi connectivity index (χ0n) is 12.9. The molecule has 0 heterocycles. The normalized spacial score (nSPS) is 11.1. The summed E-state index contributed by atoms with van der Waals surface area (Å²) in [7, 11) is -2.30. The summed E-state index contributed by atoms with van der Waals surface area (Å²) in [5.41, 5.74) is 0. The van der Waals surface area contributed by atoms with Gasteiger partial charge in [-0.1, -0.05) is 27.2 Å². The number of hydrogen-bond acceptors (Lipinski definition) is 4. The summed E-state index contributed by atoms with van der Waals surface area (Å²) in [6.07, 6.45) is 2.46. The van der Waals surface area contributed by atoms with Gasteiger partial charge in [0.15, 0.2) is 0 Å². The van der Waals surface area contributed by atoms with E-state index < -0.39 is 8.80 Å². The van der Waals surface area contributed by atoms with Crippen LogP contribution >= 0.6 is 0 Å². The molecule has 0 aromatic carbocycles. The van der Waals surface area contributed by atoms with Gasteiger partial charge in [-0.15, -0.1) is 0 Å². The van der Waals surface area contributed by atoms with Crippen LogP contribution in [0.5, 0.6) is 0 Å².